The summed E-state index contributed by atoms with van der Waals surface area (Å²) in [7, 11) is -3.14. The number of pyridine rings is 1. The topological polar surface area (TPSA) is 131 Å². The smallest absolute Gasteiger partial charge is 0.329 e. The van der Waals surface area contributed by atoms with Crippen LogP contribution in [0.5, 0.6) is 0 Å². The van der Waals surface area contributed by atoms with Gasteiger partial charge in [-0.2, -0.15) is 0 Å². The number of carbonyl (C=O) groups is 1. The lowest BCUT2D eigenvalue weighted by molar-refractivity contribution is 0.0942. The summed E-state index contributed by atoms with van der Waals surface area (Å²) in [5.74, 6) is -0.364. The van der Waals surface area contributed by atoms with Crippen molar-refractivity contribution in [2.45, 2.75) is 44.7 Å². The van der Waals surface area contributed by atoms with Gasteiger partial charge in [-0.15, -0.1) is 0 Å². The average Bonchev–Trinajstić information content (AvgIpc) is 3.38. The van der Waals surface area contributed by atoms with Gasteiger partial charge in [0.2, 0.25) is 0 Å². The lowest BCUT2D eigenvalue weighted by Crippen LogP contribution is -2.37. The molecule has 144 valence electrons. The highest BCUT2D eigenvalue weighted by molar-refractivity contribution is 7.91. The van der Waals surface area contributed by atoms with Gasteiger partial charge in [0.05, 0.1) is 22.5 Å². The molecule has 1 saturated heterocycles. The number of hydrogen-bond donors (Lipinski definition) is 2. The molecule has 10 heteroatoms. The number of nitrogens with one attached hydrogen (secondary N) is 2. The average molecular weight is 392 g/mol. The van der Waals surface area contributed by atoms with Crippen LogP contribution in [-0.2, 0) is 16.4 Å². The Kier molecular flexibility index (Phi) is 4.17. The van der Waals surface area contributed by atoms with Crippen molar-refractivity contribution >= 4 is 26.8 Å². The zero-order valence-corrected chi connectivity index (χ0v) is 15.6. The van der Waals surface area contributed by atoms with Crippen LogP contribution in [0.3, 0.4) is 0 Å². The molecule has 0 unspecified atom stereocenters. The Morgan fingerprint density at radius 3 is 2.67 bits per heavy atom. The third kappa shape index (κ3) is 3.29. The molecule has 2 aromatic heterocycles. The molecule has 1 aliphatic carbocycles. The van der Waals surface area contributed by atoms with Gasteiger partial charge in [-0.25, -0.2) is 18.2 Å². The minimum atomic E-state index is -3.14. The summed E-state index contributed by atoms with van der Waals surface area (Å²) in [6.45, 7) is 2.06. The molecule has 3 heterocycles. The van der Waals surface area contributed by atoms with E-state index in [1.807, 2.05) is 0 Å². The second kappa shape index (κ2) is 6.29. The van der Waals surface area contributed by atoms with E-state index in [1.54, 1.807) is 13.0 Å². The number of carbonyl (C=O) groups excluding carboxylic acids is 1. The second-order valence-electron chi connectivity index (χ2n) is 7.14. The van der Waals surface area contributed by atoms with E-state index in [4.69, 9.17) is 0 Å². The van der Waals surface area contributed by atoms with Crippen LogP contribution in [0.15, 0.2) is 15.7 Å². The van der Waals surface area contributed by atoms with Crippen molar-refractivity contribution in [3.63, 3.8) is 0 Å². The van der Waals surface area contributed by atoms with Crippen LogP contribution in [0, 0.1) is 0 Å². The van der Waals surface area contributed by atoms with E-state index in [0.29, 0.717) is 18.7 Å². The Morgan fingerprint density at radius 2 is 2.07 bits per heavy atom. The van der Waals surface area contributed by atoms with Crippen LogP contribution in [-0.4, -0.2) is 46.4 Å². The summed E-state index contributed by atoms with van der Waals surface area (Å²) in [6, 6.07) is 1.12. The molecule has 27 heavy (non-hydrogen) atoms. The van der Waals surface area contributed by atoms with Crippen molar-refractivity contribution in [2.24, 2.45) is 0 Å². The maximum Gasteiger partial charge on any atom is 0.329 e. The zero-order valence-electron chi connectivity index (χ0n) is 14.8. The van der Waals surface area contributed by atoms with Crippen LogP contribution in [0.2, 0.25) is 0 Å². The van der Waals surface area contributed by atoms with Crippen molar-refractivity contribution in [2.75, 3.05) is 11.5 Å². The molecular formula is C17H20N4O5S. The molecule has 0 aromatic carbocycles. The van der Waals surface area contributed by atoms with Gasteiger partial charge in [-0.05, 0) is 32.3 Å². The van der Waals surface area contributed by atoms with E-state index < -0.39 is 33.0 Å². The summed E-state index contributed by atoms with van der Waals surface area (Å²) in [4.78, 5) is 44.2. The van der Waals surface area contributed by atoms with Gasteiger partial charge in [-0.1, -0.05) is 0 Å². The molecule has 4 rings (SSSR count). The fraction of sp³-hybridized carbons (Fsp3) is 0.529. The van der Waals surface area contributed by atoms with Gasteiger partial charge < -0.3 is 5.32 Å². The number of aromatic nitrogens is 3. The Hall–Kier alpha value is -2.49. The van der Waals surface area contributed by atoms with E-state index >= 15 is 0 Å². The van der Waals surface area contributed by atoms with Crippen molar-refractivity contribution < 1.29 is 13.2 Å². The van der Waals surface area contributed by atoms with Crippen LogP contribution in [0.25, 0.3) is 11.0 Å². The van der Waals surface area contributed by atoms with Crippen molar-refractivity contribution in [1.82, 2.24) is 19.9 Å². The van der Waals surface area contributed by atoms with Gasteiger partial charge in [0.1, 0.15) is 0 Å². The Balaban J connectivity index is 1.85. The lowest BCUT2D eigenvalue weighted by atomic mass is 10.1. The number of rotatable bonds is 4. The van der Waals surface area contributed by atoms with Crippen LogP contribution >= 0.6 is 0 Å². The predicted octanol–water partition coefficient (Wildman–Crippen LogP) is -0.101. The zero-order chi connectivity index (χ0) is 19.3. The minimum Gasteiger partial charge on any atom is -0.348 e. The highest BCUT2D eigenvalue weighted by Gasteiger charge is 2.32. The van der Waals surface area contributed by atoms with Crippen molar-refractivity contribution in [3.8, 4) is 0 Å². The predicted molar refractivity (Wildman–Crippen MR) is 98.8 cm³/mol. The third-order valence-corrected chi connectivity index (χ3v) is 6.86. The first-order valence-corrected chi connectivity index (χ1v) is 10.8. The number of H-pyrrole nitrogens is 1. The molecule has 1 aliphatic heterocycles. The molecule has 0 radical (unpaired) electrons. The standard InChI is InChI=1S/C17H20N4O5S/c1-2-21-14-13(16(23)20-17(21)24)11(7-12(19-14)9-3-4-9)15(22)18-10-5-6-27(25,26)8-10/h7,9-10H,2-6,8H2,1H3,(H,18,22)(H,20,23,24)/t10-/m1/s1. The molecule has 2 aliphatic rings. The molecule has 2 fully saturated rings. The van der Waals surface area contributed by atoms with E-state index in [0.717, 1.165) is 12.8 Å². The second-order valence-corrected chi connectivity index (χ2v) is 9.37. The largest absolute Gasteiger partial charge is 0.348 e. The fourth-order valence-corrected chi connectivity index (χ4v) is 5.20. The molecule has 1 amide bonds. The van der Waals surface area contributed by atoms with E-state index in [-0.39, 0.29) is 34.0 Å². The number of sulfone groups is 1. The molecule has 2 N–H and O–H groups in total. The van der Waals surface area contributed by atoms with E-state index in [1.165, 1.54) is 4.57 Å². The summed E-state index contributed by atoms with van der Waals surface area (Å²) in [5, 5.41) is 2.78. The lowest BCUT2D eigenvalue weighted by Gasteiger charge is -2.14. The first-order valence-electron chi connectivity index (χ1n) is 8.98. The van der Waals surface area contributed by atoms with Crippen LogP contribution in [0.1, 0.15) is 48.2 Å². The number of aromatic amines is 1. The summed E-state index contributed by atoms with van der Waals surface area (Å²) >= 11 is 0. The quantitative estimate of drug-likeness (QED) is 0.747. The monoisotopic (exact) mass is 392 g/mol. The number of hydrogen-bond acceptors (Lipinski definition) is 6. The SMILES string of the molecule is CCn1c(=O)[nH]c(=O)c2c(C(=O)N[C@@H]3CCS(=O)(=O)C3)cc(C3CC3)nc21. The van der Waals surface area contributed by atoms with Gasteiger partial charge in [0.25, 0.3) is 11.5 Å². The maximum atomic E-state index is 12.9. The van der Waals surface area contributed by atoms with Gasteiger partial charge in [0, 0.05) is 24.2 Å². The molecule has 1 saturated carbocycles. The molecule has 0 spiro atoms. The van der Waals surface area contributed by atoms with Gasteiger partial charge in [-0.3, -0.25) is 19.1 Å². The Bertz CT molecular complexity index is 1160. The molecule has 0 bridgehead atoms. The first-order chi connectivity index (χ1) is 12.8. The van der Waals surface area contributed by atoms with E-state index in [2.05, 4.69) is 15.3 Å². The molecular weight excluding hydrogens is 372 g/mol. The molecule has 1 atom stereocenters. The van der Waals surface area contributed by atoms with Crippen LogP contribution in [0.4, 0.5) is 0 Å². The van der Waals surface area contributed by atoms with Crippen molar-refractivity contribution in [1.29, 1.82) is 0 Å². The van der Waals surface area contributed by atoms with E-state index in [9.17, 15) is 22.8 Å². The van der Waals surface area contributed by atoms with Gasteiger partial charge >= 0.3 is 5.69 Å². The number of fused-ring (bicyclic) bond motifs is 1. The summed E-state index contributed by atoms with van der Waals surface area (Å²) in [6.07, 6.45) is 2.24. The first kappa shape index (κ1) is 17.9. The third-order valence-electron chi connectivity index (χ3n) is 5.09. The Morgan fingerprint density at radius 1 is 1.33 bits per heavy atom. The fourth-order valence-electron chi connectivity index (χ4n) is 3.53. The number of amides is 1. The van der Waals surface area contributed by atoms with Crippen molar-refractivity contribution in [3.05, 3.63) is 38.2 Å². The highest BCUT2D eigenvalue weighted by Crippen LogP contribution is 2.39. The maximum absolute atomic E-state index is 12.9. The number of aryl methyl sites for hydroxylation is 1. The number of nitrogens with zero attached hydrogens (tertiary/aromatic N) is 2. The minimum absolute atomic E-state index is 0.0400. The molecule has 9 nitrogen and oxygen atoms in total. The highest BCUT2D eigenvalue weighted by atomic mass is 32.2. The summed E-state index contributed by atoms with van der Waals surface area (Å²) < 4.78 is 24.6. The molecule has 2 aromatic rings. The van der Waals surface area contributed by atoms with Gasteiger partial charge in [0.15, 0.2) is 15.5 Å². The van der Waals surface area contributed by atoms with Crippen LogP contribution < -0.4 is 16.6 Å². The summed E-state index contributed by atoms with van der Waals surface area (Å²) in [5.41, 5.74) is -0.226. The Labute approximate surface area is 154 Å². The normalized spacial score (nSPS) is 21.4.